The van der Waals surface area contributed by atoms with E-state index in [2.05, 4.69) is 42.8 Å². The maximum Gasteiger partial charge on any atom is 0.498 e. The molecule has 0 saturated carbocycles. The number of fused-ring (bicyclic) bond motifs is 2. The molecule has 0 radical (unpaired) electrons. The highest BCUT2D eigenvalue weighted by Crippen LogP contribution is 2.74. The number of phosphoric acid groups is 2. The topological polar surface area (TPSA) is 400 Å². The second-order valence-corrected chi connectivity index (χ2v) is 20.0. The molecule has 10 atom stereocenters. The number of anilines is 2. The number of aromatic nitrogens is 8. The molecule has 12 N–H and O–H groups in total. The van der Waals surface area contributed by atoms with Crippen molar-refractivity contribution >= 4 is 86.7 Å². The Bertz CT molecular complexity index is 2060. The van der Waals surface area contributed by atoms with Crippen LogP contribution in [0.25, 0.3) is 22.3 Å². The molecule has 6 rings (SSSR count). The molecule has 2 saturated heterocycles. The largest absolute Gasteiger partial charge is 0.498 e. The molecule has 0 aliphatic carbocycles. The second kappa shape index (κ2) is 15.1. The van der Waals surface area contributed by atoms with Crippen LogP contribution in [0.2, 0.25) is 0 Å². The number of ether oxygens (including phenoxy) is 2. The zero-order chi connectivity index (χ0) is 38.7. The molecule has 0 amide bonds. The van der Waals surface area contributed by atoms with Crippen LogP contribution in [0.5, 0.6) is 0 Å². The summed E-state index contributed by atoms with van der Waals surface area (Å²) < 4.78 is 62.2. The number of hydrogen-bond donors (Lipinski definition) is 10. The molecule has 2 aliphatic rings. The number of nitrogen functional groups attached to an aromatic ring is 2. The summed E-state index contributed by atoms with van der Waals surface area (Å²) in [7, 11) is -11.8. The van der Waals surface area contributed by atoms with Gasteiger partial charge in [0, 0.05) is 0 Å². The van der Waals surface area contributed by atoms with Crippen molar-refractivity contribution in [2.75, 3.05) is 24.7 Å². The van der Waals surface area contributed by atoms with Crippen LogP contribution < -0.4 is 11.5 Å². The lowest BCUT2D eigenvalue weighted by Crippen LogP contribution is -2.33. The average molecular weight is 869 g/mol. The van der Waals surface area contributed by atoms with Crippen molar-refractivity contribution in [3.8, 4) is 0 Å². The predicted octanol–water partition coefficient (Wildman–Crippen LogP) is -2.21. The summed E-state index contributed by atoms with van der Waals surface area (Å²) in [4.78, 5) is 63.7. The summed E-state index contributed by atoms with van der Waals surface area (Å²) in [5, 5.41) is 42.4. The van der Waals surface area contributed by atoms with Gasteiger partial charge in [-0.1, -0.05) is 0 Å². The van der Waals surface area contributed by atoms with Crippen LogP contribution in [0.1, 0.15) is 12.5 Å². The first-order valence-electron chi connectivity index (χ1n) is 14.3. The molecule has 53 heavy (non-hydrogen) atoms. The summed E-state index contributed by atoms with van der Waals surface area (Å²) in [6.07, 6.45) is -7.76. The molecule has 10 unspecified atom stereocenters. The second-order valence-electron chi connectivity index (χ2n) is 11.0. The van der Waals surface area contributed by atoms with E-state index in [0.29, 0.717) is 0 Å². The van der Waals surface area contributed by atoms with Crippen LogP contribution in [-0.2, 0) is 64.2 Å². The first-order chi connectivity index (χ1) is 24.7. The first kappa shape index (κ1) is 40.5. The van der Waals surface area contributed by atoms with Crippen LogP contribution in [-0.4, -0.2) is 129 Å². The van der Waals surface area contributed by atoms with Gasteiger partial charge >= 0.3 is 29.1 Å². The number of nitrogens with zero attached hydrogens (tertiary/aromatic N) is 8. The maximum absolute atomic E-state index is 13.4. The van der Waals surface area contributed by atoms with Gasteiger partial charge in [-0.15, -0.1) is 0 Å². The van der Waals surface area contributed by atoms with E-state index in [1.807, 2.05) is 0 Å². The highest BCUT2D eigenvalue weighted by Gasteiger charge is 2.50. The van der Waals surface area contributed by atoms with E-state index in [9.17, 15) is 49.1 Å². The van der Waals surface area contributed by atoms with Gasteiger partial charge in [0.1, 0.15) is 60.3 Å². The third-order valence-corrected chi connectivity index (χ3v) is 15.1. The van der Waals surface area contributed by atoms with Crippen molar-refractivity contribution in [2.24, 2.45) is 0 Å². The van der Waals surface area contributed by atoms with E-state index in [-0.39, 0.29) is 34.0 Å². The summed E-state index contributed by atoms with van der Waals surface area (Å²) in [6.45, 7) is -11.8. The SMILES string of the molecule is Nc1ncnc2c1ncn2C1OC(COP(O)(=S)OP(=O)(OP(=O)(O)O)OP(O)(=S)OCC2OC(n3cnc4c(N)ncnc43)C(O)C2O)C(O)C1O. The average Bonchev–Trinajstić information content (AvgIpc) is 3.80. The van der Waals surface area contributed by atoms with Crippen LogP contribution in [0, 0.1) is 0 Å². The van der Waals surface area contributed by atoms with Crippen molar-refractivity contribution in [3.63, 3.8) is 0 Å². The normalized spacial score (nSPS) is 30.0. The first-order valence-corrected chi connectivity index (χ1v) is 22.5. The van der Waals surface area contributed by atoms with Gasteiger partial charge in [-0.3, -0.25) is 9.13 Å². The Kier molecular flexibility index (Phi) is 11.5. The molecule has 292 valence electrons. The summed E-state index contributed by atoms with van der Waals surface area (Å²) >= 11 is 9.55. The Morgan fingerprint density at radius 2 is 1.06 bits per heavy atom. The Hall–Kier alpha value is -2.14. The number of aliphatic hydroxyl groups excluding tert-OH is 4. The highest BCUT2D eigenvalue weighted by molar-refractivity contribution is 8.10. The minimum atomic E-state index is -5.93. The molecule has 0 bridgehead atoms. The van der Waals surface area contributed by atoms with Gasteiger partial charge in [0.2, 0.25) is 0 Å². The lowest BCUT2D eigenvalue weighted by Gasteiger charge is -2.26. The zero-order valence-electron chi connectivity index (χ0n) is 25.9. The fourth-order valence-corrected chi connectivity index (χ4v) is 12.2. The van der Waals surface area contributed by atoms with Gasteiger partial charge < -0.3 is 70.0 Å². The molecular formula is C20H28N10O17P4S2. The smallest absolute Gasteiger partial charge is 0.387 e. The molecule has 2 aliphatic heterocycles. The molecule has 33 heteroatoms. The molecule has 4 aromatic rings. The lowest BCUT2D eigenvalue weighted by atomic mass is 10.1. The third kappa shape index (κ3) is 8.81. The molecule has 0 aromatic carbocycles. The van der Waals surface area contributed by atoms with Gasteiger partial charge in [-0.25, -0.2) is 47.7 Å². The Morgan fingerprint density at radius 3 is 1.43 bits per heavy atom. The lowest BCUT2D eigenvalue weighted by molar-refractivity contribution is -0.0491. The fraction of sp³-hybridized carbons (Fsp3) is 0.500. The van der Waals surface area contributed by atoms with Gasteiger partial charge in [0.25, 0.3) is 0 Å². The Labute approximate surface area is 304 Å². The van der Waals surface area contributed by atoms with Gasteiger partial charge in [-0.2, -0.15) is 4.31 Å². The number of nitrogens with two attached hydrogens (primary N) is 2. The predicted molar refractivity (Wildman–Crippen MR) is 179 cm³/mol. The number of aliphatic hydroxyl groups is 4. The summed E-state index contributed by atoms with van der Waals surface area (Å²) in [5.41, 5.74) is 12.1. The Morgan fingerprint density at radius 1 is 0.660 bits per heavy atom. The molecule has 0 spiro atoms. The van der Waals surface area contributed by atoms with E-state index >= 15 is 0 Å². The van der Waals surface area contributed by atoms with Crippen molar-refractivity contribution < 1.29 is 80.6 Å². The Balaban J connectivity index is 1.10. The van der Waals surface area contributed by atoms with Crippen molar-refractivity contribution in [1.82, 2.24) is 39.0 Å². The minimum Gasteiger partial charge on any atom is -0.387 e. The van der Waals surface area contributed by atoms with Gasteiger partial charge in [-0.05, 0) is 23.6 Å². The van der Waals surface area contributed by atoms with Crippen LogP contribution in [0.3, 0.4) is 0 Å². The van der Waals surface area contributed by atoms with Gasteiger partial charge in [0.05, 0.1) is 25.9 Å². The summed E-state index contributed by atoms with van der Waals surface area (Å²) in [5.74, 6) is 0.0302. The highest BCUT2D eigenvalue weighted by atomic mass is 32.5. The fourth-order valence-electron chi connectivity index (χ4n) is 5.12. The number of rotatable bonds is 14. The quantitative estimate of drug-likeness (QED) is 0.0600. The zero-order valence-corrected chi connectivity index (χ0v) is 31.1. The van der Waals surface area contributed by atoms with E-state index in [0.717, 1.165) is 12.7 Å². The van der Waals surface area contributed by atoms with E-state index in [4.69, 9.17) is 53.6 Å². The van der Waals surface area contributed by atoms with Crippen LogP contribution in [0.4, 0.5) is 11.6 Å². The number of imidazole rings is 2. The number of hydrogen-bond acceptors (Lipinski definition) is 23. The third-order valence-electron chi connectivity index (χ3n) is 7.41. The van der Waals surface area contributed by atoms with Crippen molar-refractivity contribution in [3.05, 3.63) is 25.3 Å². The molecule has 4 aromatic heterocycles. The van der Waals surface area contributed by atoms with Crippen molar-refractivity contribution in [1.29, 1.82) is 0 Å². The van der Waals surface area contributed by atoms with Crippen molar-refractivity contribution in [2.45, 2.75) is 49.1 Å². The van der Waals surface area contributed by atoms with Crippen LogP contribution >= 0.6 is 29.1 Å². The summed E-state index contributed by atoms with van der Waals surface area (Å²) in [6, 6.07) is 0. The monoisotopic (exact) mass is 868 g/mol. The minimum absolute atomic E-state index is 0.0151. The maximum atomic E-state index is 13.4. The van der Waals surface area contributed by atoms with E-state index in [1.165, 1.54) is 21.8 Å². The molecule has 27 nitrogen and oxygen atoms in total. The molecular weight excluding hydrogens is 840 g/mol. The van der Waals surface area contributed by atoms with Crippen LogP contribution in [0.15, 0.2) is 25.3 Å². The molecule has 6 heterocycles. The van der Waals surface area contributed by atoms with E-state index in [1.54, 1.807) is 0 Å². The molecule has 2 fully saturated rings. The standard InChI is InChI=1S/C20H28N10O17P4S2/c21-15-9-17(25-3-23-15)29(5-27-9)19-13(33)11(31)7(43-19)1-41-50(39,52)46-49(38,45-48(35,36)37)47-51(40,53)42-2-8-12(32)14(34)20(44-8)30-6-28-10-16(22)24-4-26-18(10)30/h3-8,11-14,19-20,31-34H,1-2H2,(H,39,52)(H,40,53)(H2,21,23,25)(H2,22,24,26)(H2,35,36,37). The van der Waals surface area contributed by atoms with Gasteiger partial charge in [0.15, 0.2) is 35.4 Å². The van der Waals surface area contributed by atoms with E-state index < -0.39 is 91.4 Å².